The molecule has 2 bridgehead atoms. The molecule has 0 radical (unpaired) electrons. The van der Waals surface area contributed by atoms with E-state index in [1.165, 1.54) is 10.9 Å². The molecule has 2 aliphatic heterocycles. The number of piperazine rings is 1. The average molecular weight is 836 g/mol. The first-order chi connectivity index (χ1) is 28.6. The molecular formula is C40H38F5N9O6. The summed E-state index contributed by atoms with van der Waals surface area (Å²) in [5.74, 6) is -4.54. The second-order valence-corrected chi connectivity index (χ2v) is 15.7. The SMILES string of the molecule is CCc1c(N2CCN(C(=O)c3ncnc(C)c3OCc3ccccc3)CC2)c(=O)n2nc(-c3ccc4c(c3)OCO4)nc2n1CC(=O)NC12CC(C(F)(F)C(F)(F)F)(C1)C2. The van der Waals surface area contributed by atoms with Gasteiger partial charge in [-0.3, -0.25) is 14.4 Å². The van der Waals surface area contributed by atoms with Crippen molar-refractivity contribution in [3.63, 3.8) is 0 Å². The van der Waals surface area contributed by atoms with Crippen molar-refractivity contribution in [2.24, 2.45) is 5.41 Å². The molecule has 5 aromatic rings. The summed E-state index contributed by atoms with van der Waals surface area (Å²) < 4.78 is 87.9. The fraction of sp³-hybridized carbons (Fsp3) is 0.425. The number of nitrogens with one attached hydrogen (secondary N) is 1. The van der Waals surface area contributed by atoms with Crippen LogP contribution in [0.25, 0.3) is 17.2 Å². The minimum atomic E-state index is -5.70. The van der Waals surface area contributed by atoms with Crippen LogP contribution in [0.15, 0.2) is 59.7 Å². The van der Waals surface area contributed by atoms with Gasteiger partial charge in [0, 0.05) is 37.3 Å². The van der Waals surface area contributed by atoms with Crippen molar-refractivity contribution < 1.29 is 45.8 Å². The van der Waals surface area contributed by atoms with Crippen molar-refractivity contribution in [3.8, 4) is 28.6 Å². The molecule has 5 heterocycles. The molecule has 5 aliphatic rings. The number of aromatic nitrogens is 6. The Hall–Kier alpha value is -6.34. The maximum Gasteiger partial charge on any atom is 0.453 e. The molecule has 3 saturated carbocycles. The lowest BCUT2D eigenvalue weighted by atomic mass is 9.37. The quantitative estimate of drug-likeness (QED) is 0.184. The molecular weight excluding hydrogens is 797 g/mol. The van der Waals surface area contributed by atoms with Gasteiger partial charge >= 0.3 is 12.1 Å². The third kappa shape index (κ3) is 6.34. The van der Waals surface area contributed by atoms with Gasteiger partial charge < -0.3 is 33.9 Å². The second-order valence-electron chi connectivity index (χ2n) is 15.7. The van der Waals surface area contributed by atoms with Gasteiger partial charge in [-0.1, -0.05) is 37.3 Å². The summed E-state index contributed by atoms with van der Waals surface area (Å²) in [6.45, 7) is 4.08. The van der Waals surface area contributed by atoms with Crippen LogP contribution in [0.5, 0.6) is 17.2 Å². The number of amides is 2. The van der Waals surface area contributed by atoms with Gasteiger partial charge in [-0.05, 0) is 56.4 Å². The van der Waals surface area contributed by atoms with Gasteiger partial charge in [0.05, 0.1) is 16.8 Å². The van der Waals surface area contributed by atoms with Crippen molar-refractivity contribution in [3.05, 3.63) is 87.9 Å². The summed E-state index contributed by atoms with van der Waals surface area (Å²) in [6, 6.07) is 14.5. The van der Waals surface area contributed by atoms with Crippen LogP contribution in [0.1, 0.15) is 53.6 Å². The van der Waals surface area contributed by atoms with Gasteiger partial charge in [0.2, 0.25) is 18.5 Å². The average Bonchev–Trinajstić information content (AvgIpc) is 3.87. The summed E-state index contributed by atoms with van der Waals surface area (Å²) >= 11 is 0. The number of nitrogens with zero attached hydrogens (tertiary/aromatic N) is 8. The van der Waals surface area contributed by atoms with Crippen molar-refractivity contribution in [1.29, 1.82) is 0 Å². The zero-order chi connectivity index (χ0) is 42.2. The topological polar surface area (TPSA) is 158 Å². The van der Waals surface area contributed by atoms with Crippen LogP contribution in [-0.4, -0.2) is 96.5 Å². The first kappa shape index (κ1) is 39.1. The maximum absolute atomic E-state index is 14.5. The number of halogens is 5. The predicted molar refractivity (Wildman–Crippen MR) is 202 cm³/mol. The normalized spacial score (nSPS) is 20.8. The number of carbonyl (C=O) groups is 2. The van der Waals surface area contributed by atoms with Crippen molar-refractivity contribution in [1.82, 2.24) is 39.3 Å². The van der Waals surface area contributed by atoms with Crippen molar-refractivity contribution in [2.75, 3.05) is 37.9 Å². The van der Waals surface area contributed by atoms with Crippen molar-refractivity contribution in [2.45, 2.75) is 70.3 Å². The first-order valence-electron chi connectivity index (χ1n) is 19.3. The largest absolute Gasteiger partial charge is 0.485 e. The maximum atomic E-state index is 14.5. The lowest BCUT2D eigenvalue weighted by Gasteiger charge is -2.72. The van der Waals surface area contributed by atoms with E-state index in [0.29, 0.717) is 28.5 Å². The molecule has 0 unspecified atom stereocenters. The van der Waals surface area contributed by atoms with Crippen LogP contribution in [0.4, 0.5) is 27.6 Å². The Morgan fingerprint density at radius 3 is 2.37 bits per heavy atom. The molecule has 60 heavy (non-hydrogen) atoms. The Balaban J connectivity index is 0.998. The summed E-state index contributed by atoms with van der Waals surface area (Å²) in [5.41, 5.74) is -1.37. The molecule has 3 aromatic heterocycles. The van der Waals surface area contributed by atoms with E-state index in [-0.39, 0.29) is 80.6 Å². The number of anilines is 1. The third-order valence-corrected chi connectivity index (χ3v) is 11.8. The number of ether oxygens (including phenoxy) is 3. The number of hydrogen-bond acceptors (Lipinski definition) is 11. The van der Waals surface area contributed by atoms with Gasteiger partial charge in [-0.2, -0.15) is 31.5 Å². The van der Waals surface area contributed by atoms with Crippen LogP contribution in [0, 0.1) is 12.3 Å². The summed E-state index contributed by atoms with van der Waals surface area (Å²) in [5, 5.41) is 7.26. The fourth-order valence-corrected chi connectivity index (χ4v) is 8.92. The molecule has 1 N–H and O–H groups in total. The molecule has 0 atom stereocenters. The molecule has 2 aromatic carbocycles. The number of rotatable bonds is 11. The molecule has 2 amide bonds. The number of fused-ring (bicyclic) bond motifs is 2. The van der Waals surface area contributed by atoms with Gasteiger partial charge in [0.25, 0.3) is 11.5 Å². The predicted octanol–water partition coefficient (Wildman–Crippen LogP) is 4.73. The molecule has 15 nitrogen and oxygen atoms in total. The van der Waals surface area contributed by atoms with Crippen molar-refractivity contribution >= 4 is 23.3 Å². The zero-order valence-electron chi connectivity index (χ0n) is 32.4. The Bertz CT molecular complexity index is 2570. The monoisotopic (exact) mass is 835 g/mol. The van der Waals surface area contributed by atoms with Crippen LogP contribution >= 0.6 is 0 Å². The highest BCUT2D eigenvalue weighted by molar-refractivity contribution is 5.95. The Morgan fingerprint density at radius 2 is 1.67 bits per heavy atom. The zero-order valence-corrected chi connectivity index (χ0v) is 32.4. The number of hydrogen-bond donors (Lipinski definition) is 1. The fourth-order valence-electron chi connectivity index (χ4n) is 8.92. The highest BCUT2D eigenvalue weighted by Gasteiger charge is 2.84. The minimum Gasteiger partial charge on any atom is -0.485 e. The van der Waals surface area contributed by atoms with E-state index in [1.54, 1.807) is 36.9 Å². The molecule has 1 saturated heterocycles. The number of aryl methyl sites for hydroxylation is 1. The van der Waals surface area contributed by atoms with Crippen LogP contribution in [-0.2, 0) is 24.4 Å². The third-order valence-electron chi connectivity index (χ3n) is 11.8. The highest BCUT2D eigenvalue weighted by atomic mass is 19.4. The van der Waals surface area contributed by atoms with Gasteiger partial charge in [-0.25, -0.2) is 9.97 Å². The van der Waals surface area contributed by atoms with Crippen LogP contribution in [0.2, 0.25) is 0 Å². The molecule has 4 fully saturated rings. The van der Waals surface area contributed by atoms with E-state index in [9.17, 15) is 36.3 Å². The van der Waals surface area contributed by atoms with Crippen LogP contribution in [0.3, 0.4) is 0 Å². The van der Waals surface area contributed by atoms with Gasteiger partial charge in [0.1, 0.15) is 25.2 Å². The number of carbonyl (C=O) groups excluding carboxylic acids is 2. The smallest absolute Gasteiger partial charge is 0.453 e. The second kappa shape index (κ2) is 14.1. The lowest BCUT2D eigenvalue weighted by molar-refractivity contribution is -0.387. The number of alkyl halides is 5. The number of benzene rings is 2. The molecule has 314 valence electrons. The molecule has 20 heteroatoms. The Labute approximate surface area is 338 Å². The summed E-state index contributed by atoms with van der Waals surface area (Å²) in [4.78, 5) is 58.7. The van der Waals surface area contributed by atoms with Crippen LogP contribution < -0.4 is 30.0 Å². The highest BCUT2D eigenvalue weighted by Crippen LogP contribution is 2.75. The molecule has 10 rings (SSSR count). The van der Waals surface area contributed by atoms with Gasteiger partial charge in [0.15, 0.2) is 28.8 Å². The first-order valence-corrected chi connectivity index (χ1v) is 19.3. The van der Waals surface area contributed by atoms with E-state index >= 15 is 0 Å². The molecule has 3 aliphatic carbocycles. The summed E-state index contributed by atoms with van der Waals surface area (Å²) in [6.07, 6.45) is -5.71. The van der Waals surface area contributed by atoms with E-state index in [0.717, 1.165) is 10.1 Å². The standard InChI is InChI=1S/C40H38F5N9O6/c1-3-26-31(51-11-13-52(14-12-51)34(56)30-32(23(2)46-21-47-30)58-17-24-7-5-4-6-8-24)35(57)54-36(48-33(50-54)25-9-10-27-28(15-25)60-22-59-27)53(26)16-29(55)49-38-18-37(19-38,20-38)39(41,42)40(43,44)45/h4-10,15,21H,3,11-14,16-20,22H2,1-2H3,(H,49,55). The lowest BCUT2D eigenvalue weighted by Crippen LogP contribution is -2.81. The van der Waals surface area contributed by atoms with E-state index < -0.39 is 60.3 Å². The van der Waals surface area contributed by atoms with E-state index in [4.69, 9.17) is 14.2 Å². The minimum absolute atomic E-state index is 0.0112. The molecule has 0 spiro atoms. The Kier molecular flexibility index (Phi) is 9.23. The van der Waals surface area contributed by atoms with E-state index in [1.807, 2.05) is 35.2 Å². The van der Waals surface area contributed by atoms with E-state index in [2.05, 4.69) is 25.4 Å². The Morgan fingerprint density at radius 1 is 0.950 bits per heavy atom. The van der Waals surface area contributed by atoms with Gasteiger partial charge in [-0.15, -0.1) is 5.10 Å². The summed E-state index contributed by atoms with van der Waals surface area (Å²) in [7, 11) is 0.